The molecule has 168 valence electrons. The van der Waals surface area contributed by atoms with Crippen molar-refractivity contribution in [3.63, 3.8) is 0 Å². The van der Waals surface area contributed by atoms with E-state index >= 15 is 0 Å². The van der Waals surface area contributed by atoms with Gasteiger partial charge in [0.2, 0.25) is 5.91 Å². The number of halogens is 1. The van der Waals surface area contributed by atoms with Gasteiger partial charge >= 0.3 is 0 Å². The standard InChI is InChI=1S/C21H40N6O.HI/c1-18(17-24-8-4-5-9-24)16-23-21(22-3)27-14-12-25(13-15-27)19(2)20(28)26-10-6-7-11-26;/h18-19H,4-17H2,1-3H3,(H,22,23);1H. The van der Waals surface area contributed by atoms with E-state index in [1.165, 1.54) is 32.5 Å². The Hall–Kier alpha value is -0.610. The van der Waals surface area contributed by atoms with E-state index in [1.54, 1.807) is 0 Å². The molecule has 0 saturated carbocycles. The molecule has 3 heterocycles. The molecule has 29 heavy (non-hydrogen) atoms. The Morgan fingerprint density at radius 2 is 1.48 bits per heavy atom. The summed E-state index contributed by atoms with van der Waals surface area (Å²) in [5.74, 6) is 1.94. The molecule has 1 N–H and O–H groups in total. The number of rotatable bonds is 6. The van der Waals surface area contributed by atoms with Crippen molar-refractivity contribution >= 4 is 35.8 Å². The predicted octanol–water partition coefficient (Wildman–Crippen LogP) is 1.54. The third-order valence-corrected chi connectivity index (χ3v) is 6.53. The zero-order chi connectivity index (χ0) is 19.9. The zero-order valence-electron chi connectivity index (χ0n) is 18.6. The number of aliphatic imine (C=N–C) groups is 1. The molecule has 7 nitrogen and oxygen atoms in total. The largest absolute Gasteiger partial charge is 0.356 e. The number of hydrogen-bond donors (Lipinski definition) is 1. The van der Waals surface area contributed by atoms with Crippen LogP contribution in [0.1, 0.15) is 39.5 Å². The van der Waals surface area contributed by atoms with Gasteiger partial charge in [-0.25, -0.2) is 0 Å². The molecule has 0 aromatic rings. The molecule has 0 spiro atoms. The first-order valence-electron chi connectivity index (χ1n) is 11.3. The van der Waals surface area contributed by atoms with E-state index in [2.05, 4.69) is 38.9 Å². The second-order valence-corrected chi connectivity index (χ2v) is 8.77. The van der Waals surface area contributed by atoms with Crippen LogP contribution in [0.4, 0.5) is 0 Å². The summed E-state index contributed by atoms with van der Waals surface area (Å²) >= 11 is 0. The number of carbonyl (C=O) groups is 1. The molecular weight excluding hydrogens is 479 g/mol. The molecule has 2 unspecified atom stereocenters. The molecule has 3 rings (SSSR count). The molecule has 0 aliphatic carbocycles. The lowest BCUT2D eigenvalue weighted by atomic mass is 10.1. The summed E-state index contributed by atoms with van der Waals surface area (Å²) < 4.78 is 0. The van der Waals surface area contributed by atoms with Crippen LogP contribution in [0.25, 0.3) is 0 Å². The van der Waals surface area contributed by atoms with Crippen molar-refractivity contribution in [2.45, 2.75) is 45.6 Å². The number of piperazine rings is 1. The minimum atomic E-state index is -0.00397. The number of nitrogens with zero attached hydrogens (tertiary/aromatic N) is 5. The van der Waals surface area contributed by atoms with Gasteiger partial charge in [-0.05, 0) is 51.6 Å². The van der Waals surface area contributed by atoms with Crippen molar-refractivity contribution in [2.75, 3.05) is 72.5 Å². The van der Waals surface area contributed by atoms with E-state index in [9.17, 15) is 4.79 Å². The van der Waals surface area contributed by atoms with Gasteiger partial charge in [0.05, 0.1) is 6.04 Å². The summed E-state index contributed by atoms with van der Waals surface area (Å²) in [4.78, 5) is 26.5. The van der Waals surface area contributed by atoms with E-state index in [1.807, 2.05) is 11.9 Å². The first-order valence-corrected chi connectivity index (χ1v) is 11.3. The van der Waals surface area contributed by atoms with Crippen LogP contribution in [0, 0.1) is 5.92 Å². The van der Waals surface area contributed by atoms with Crippen molar-refractivity contribution in [3.05, 3.63) is 0 Å². The van der Waals surface area contributed by atoms with E-state index in [0.717, 1.165) is 64.6 Å². The SMILES string of the molecule is CN=C(NCC(C)CN1CCCC1)N1CCN(C(C)C(=O)N2CCCC2)CC1.I. The Balaban J connectivity index is 0.00000300. The average molecular weight is 521 g/mol. The fourth-order valence-corrected chi connectivity index (χ4v) is 4.75. The summed E-state index contributed by atoms with van der Waals surface area (Å²) in [6.07, 6.45) is 5.02. The van der Waals surface area contributed by atoms with Crippen molar-refractivity contribution in [3.8, 4) is 0 Å². The highest BCUT2D eigenvalue weighted by atomic mass is 127. The number of amides is 1. The summed E-state index contributed by atoms with van der Waals surface area (Å²) in [7, 11) is 1.87. The van der Waals surface area contributed by atoms with Gasteiger partial charge in [-0.15, -0.1) is 24.0 Å². The smallest absolute Gasteiger partial charge is 0.239 e. The Kier molecular flexibility index (Phi) is 10.5. The number of guanidine groups is 1. The Labute approximate surface area is 194 Å². The Morgan fingerprint density at radius 1 is 0.897 bits per heavy atom. The van der Waals surface area contributed by atoms with Gasteiger partial charge in [-0.3, -0.25) is 14.7 Å². The Bertz CT molecular complexity index is 525. The molecule has 0 aromatic heterocycles. The Morgan fingerprint density at radius 3 is 2.07 bits per heavy atom. The number of likely N-dealkylation sites (tertiary alicyclic amines) is 2. The molecule has 3 fully saturated rings. The van der Waals surface area contributed by atoms with Crippen molar-refractivity contribution in [1.82, 2.24) is 24.9 Å². The van der Waals surface area contributed by atoms with E-state index < -0.39 is 0 Å². The van der Waals surface area contributed by atoms with Crippen LogP contribution in [0.2, 0.25) is 0 Å². The highest BCUT2D eigenvalue weighted by Crippen LogP contribution is 2.14. The number of hydrogen-bond acceptors (Lipinski definition) is 4. The average Bonchev–Trinajstić information content (AvgIpc) is 3.42. The quantitative estimate of drug-likeness (QED) is 0.327. The molecule has 0 bridgehead atoms. The van der Waals surface area contributed by atoms with Gasteiger partial charge < -0.3 is 20.0 Å². The maximum absolute atomic E-state index is 12.7. The number of nitrogens with one attached hydrogen (secondary N) is 1. The lowest BCUT2D eigenvalue weighted by Crippen LogP contribution is -2.57. The van der Waals surface area contributed by atoms with Gasteiger partial charge in [0, 0.05) is 59.4 Å². The molecule has 0 aromatic carbocycles. The fraction of sp³-hybridized carbons (Fsp3) is 0.905. The summed E-state index contributed by atoms with van der Waals surface area (Å²) in [5.41, 5.74) is 0. The lowest BCUT2D eigenvalue weighted by Gasteiger charge is -2.39. The second-order valence-electron chi connectivity index (χ2n) is 8.77. The summed E-state index contributed by atoms with van der Waals surface area (Å²) in [6.45, 7) is 14.6. The van der Waals surface area contributed by atoms with Crippen molar-refractivity contribution in [1.29, 1.82) is 0 Å². The van der Waals surface area contributed by atoms with Crippen LogP contribution in [0.15, 0.2) is 4.99 Å². The van der Waals surface area contributed by atoms with E-state index in [0.29, 0.717) is 11.8 Å². The van der Waals surface area contributed by atoms with Crippen LogP contribution in [-0.2, 0) is 4.79 Å². The summed E-state index contributed by atoms with van der Waals surface area (Å²) in [5, 5.41) is 3.58. The highest BCUT2D eigenvalue weighted by molar-refractivity contribution is 14.0. The molecule has 1 amide bonds. The predicted molar refractivity (Wildman–Crippen MR) is 130 cm³/mol. The molecular formula is C21H41IN6O. The van der Waals surface area contributed by atoms with Crippen LogP contribution < -0.4 is 5.32 Å². The molecule has 3 aliphatic heterocycles. The van der Waals surface area contributed by atoms with Gasteiger partial charge in [0.15, 0.2) is 5.96 Å². The van der Waals surface area contributed by atoms with Crippen molar-refractivity contribution < 1.29 is 4.79 Å². The topological polar surface area (TPSA) is 54.4 Å². The molecule has 2 atom stereocenters. The minimum absolute atomic E-state index is 0. The summed E-state index contributed by atoms with van der Waals surface area (Å²) in [6, 6.07) is -0.00397. The zero-order valence-corrected chi connectivity index (χ0v) is 20.9. The molecule has 3 saturated heterocycles. The highest BCUT2D eigenvalue weighted by Gasteiger charge is 2.30. The van der Waals surface area contributed by atoms with E-state index in [-0.39, 0.29) is 30.0 Å². The maximum Gasteiger partial charge on any atom is 0.239 e. The molecule has 0 radical (unpaired) electrons. The first-order chi connectivity index (χ1) is 13.6. The van der Waals surface area contributed by atoms with Crippen LogP contribution >= 0.6 is 24.0 Å². The second kappa shape index (κ2) is 12.3. The normalized spacial score (nSPS) is 23.8. The fourth-order valence-electron chi connectivity index (χ4n) is 4.75. The van der Waals surface area contributed by atoms with Gasteiger partial charge in [0.1, 0.15) is 0 Å². The number of carbonyl (C=O) groups excluding carboxylic acids is 1. The molecule has 8 heteroatoms. The first kappa shape index (κ1) is 24.7. The third kappa shape index (κ3) is 6.95. The lowest BCUT2D eigenvalue weighted by molar-refractivity contribution is -0.135. The van der Waals surface area contributed by atoms with Crippen LogP contribution in [0.5, 0.6) is 0 Å². The van der Waals surface area contributed by atoms with Crippen molar-refractivity contribution in [2.24, 2.45) is 10.9 Å². The van der Waals surface area contributed by atoms with Gasteiger partial charge in [0.25, 0.3) is 0 Å². The maximum atomic E-state index is 12.7. The minimum Gasteiger partial charge on any atom is -0.356 e. The monoisotopic (exact) mass is 520 g/mol. The van der Waals surface area contributed by atoms with Crippen LogP contribution in [-0.4, -0.2) is 110 Å². The van der Waals surface area contributed by atoms with Crippen LogP contribution in [0.3, 0.4) is 0 Å². The van der Waals surface area contributed by atoms with E-state index in [4.69, 9.17) is 0 Å². The third-order valence-electron chi connectivity index (χ3n) is 6.53. The molecule has 3 aliphatic rings. The van der Waals surface area contributed by atoms with Gasteiger partial charge in [-0.1, -0.05) is 6.92 Å². The van der Waals surface area contributed by atoms with Gasteiger partial charge in [-0.2, -0.15) is 0 Å².